The lowest BCUT2D eigenvalue weighted by Crippen LogP contribution is -1.98. The Morgan fingerprint density at radius 1 is 0.962 bits per heavy atom. The van der Waals surface area contributed by atoms with Crippen molar-refractivity contribution in [1.82, 2.24) is 24.6 Å². The van der Waals surface area contributed by atoms with E-state index in [0.717, 1.165) is 27.3 Å². The maximum Gasteiger partial charge on any atom is 0.249 e. The number of hydrogen-bond donors (Lipinski definition) is 1. The molecule has 3 aromatic heterocycles. The molecule has 0 aliphatic heterocycles. The molecule has 0 atom stereocenters. The lowest BCUT2D eigenvalue weighted by atomic mass is 10.2. The Hall–Kier alpha value is -3.03. The molecule has 8 heteroatoms. The molecule has 3 heterocycles. The van der Waals surface area contributed by atoms with Crippen molar-refractivity contribution < 1.29 is 0 Å². The molecule has 6 nitrogen and oxygen atoms in total. The lowest BCUT2D eigenvalue weighted by Gasteiger charge is -2.02. The number of thiazole rings is 1. The van der Waals surface area contributed by atoms with Crippen LogP contribution in [0.3, 0.4) is 0 Å². The molecule has 0 saturated carbocycles. The smallest absolute Gasteiger partial charge is 0.249 e. The van der Waals surface area contributed by atoms with Crippen molar-refractivity contribution in [2.24, 2.45) is 0 Å². The van der Waals surface area contributed by atoms with Crippen molar-refractivity contribution in [1.29, 1.82) is 0 Å². The molecule has 1 N–H and O–H groups in total. The zero-order valence-electron chi connectivity index (χ0n) is 13.3. The van der Waals surface area contributed by atoms with Crippen LogP contribution in [0.4, 0.5) is 11.8 Å². The maximum atomic E-state index is 5.97. The zero-order valence-corrected chi connectivity index (χ0v) is 14.9. The van der Waals surface area contributed by atoms with E-state index in [1.165, 1.54) is 11.3 Å². The van der Waals surface area contributed by atoms with Gasteiger partial charge in [-0.1, -0.05) is 35.9 Å². The Bertz CT molecular complexity index is 1230. The second-order valence-corrected chi connectivity index (χ2v) is 6.90. The molecule has 0 fully saturated rings. The van der Waals surface area contributed by atoms with Crippen LogP contribution in [0, 0.1) is 0 Å². The normalized spacial score (nSPS) is 11.3. The fraction of sp³-hybridized carbons (Fsp3) is 0. The summed E-state index contributed by atoms with van der Waals surface area (Å²) in [5.74, 6) is 1.09. The van der Waals surface area contributed by atoms with Gasteiger partial charge in [-0.3, -0.25) is 4.98 Å². The summed E-state index contributed by atoms with van der Waals surface area (Å²) in [6.07, 6.45) is 1.68. The Balaban J connectivity index is 1.50. The van der Waals surface area contributed by atoms with Crippen LogP contribution >= 0.6 is 22.9 Å². The number of aromatic nitrogens is 5. The summed E-state index contributed by atoms with van der Waals surface area (Å²) in [6, 6.07) is 15.4. The highest BCUT2D eigenvalue weighted by atomic mass is 35.5. The first-order valence-electron chi connectivity index (χ1n) is 7.85. The average Bonchev–Trinajstić information content (AvgIpc) is 3.22. The minimum absolute atomic E-state index is 0.483. The van der Waals surface area contributed by atoms with Gasteiger partial charge in [-0.05, 0) is 24.3 Å². The van der Waals surface area contributed by atoms with Gasteiger partial charge in [-0.25, -0.2) is 9.50 Å². The molecule has 126 valence electrons. The van der Waals surface area contributed by atoms with Crippen molar-refractivity contribution >= 4 is 50.7 Å². The first-order chi connectivity index (χ1) is 12.8. The molecule has 2 aromatic carbocycles. The van der Waals surface area contributed by atoms with Crippen molar-refractivity contribution in [3.63, 3.8) is 0 Å². The van der Waals surface area contributed by atoms with Crippen molar-refractivity contribution in [3.8, 4) is 11.3 Å². The van der Waals surface area contributed by atoms with Gasteiger partial charge in [0.05, 0.1) is 22.9 Å². The minimum atomic E-state index is 0.483. The van der Waals surface area contributed by atoms with E-state index >= 15 is 0 Å². The van der Waals surface area contributed by atoms with Crippen LogP contribution in [-0.2, 0) is 0 Å². The highest BCUT2D eigenvalue weighted by Gasteiger charge is 2.12. The number of fused-ring (bicyclic) bond motifs is 2. The van der Waals surface area contributed by atoms with Gasteiger partial charge >= 0.3 is 0 Å². The number of halogens is 1. The summed E-state index contributed by atoms with van der Waals surface area (Å²) < 4.78 is 1.81. The Kier molecular flexibility index (Phi) is 3.55. The molecule has 0 radical (unpaired) electrons. The van der Waals surface area contributed by atoms with Gasteiger partial charge in [0.1, 0.15) is 0 Å². The van der Waals surface area contributed by atoms with E-state index < -0.39 is 0 Å². The van der Waals surface area contributed by atoms with Gasteiger partial charge in [0.15, 0.2) is 5.82 Å². The number of hydrogen-bond acceptors (Lipinski definition) is 6. The number of nitrogens with zero attached hydrogens (tertiary/aromatic N) is 5. The molecular weight excluding hydrogens is 368 g/mol. The van der Waals surface area contributed by atoms with E-state index in [-0.39, 0.29) is 0 Å². The monoisotopic (exact) mass is 378 g/mol. The molecule has 5 rings (SSSR count). The highest BCUT2D eigenvalue weighted by Crippen LogP contribution is 2.27. The summed E-state index contributed by atoms with van der Waals surface area (Å²) in [5, 5.41) is 10.4. The second-order valence-electron chi connectivity index (χ2n) is 5.63. The predicted octanol–water partition coefficient (Wildman–Crippen LogP) is 4.80. The van der Waals surface area contributed by atoms with E-state index in [2.05, 4.69) is 25.4 Å². The summed E-state index contributed by atoms with van der Waals surface area (Å²) >= 11 is 7.50. The molecule has 0 saturated heterocycles. The molecule has 0 amide bonds. The van der Waals surface area contributed by atoms with Gasteiger partial charge in [-0.2, -0.15) is 4.98 Å². The quantitative estimate of drug-likeness (QED) is 0.488. The number of nitrogens with one attached hydrogen (secondary N) is 1. The van der Waals surface area contributed by atoms with Crippen LogP contribution in [-0.4, -0.2) is 24.6 Å². The van der Waals surface area contributed by atoms with Crippen LogP contribution in [0.25, 0.3) is 27.3 Å². The van der Waals surface area contributed by atoms with Gasteiger partial charge in [0, 0.05) is 16.0 Å². The Morgan fingerprint density at radius 3 is 2.62 bits per heavy atom. The summed E-state index contributed by atoms with van der Waals surface area (Å²) in [7, 11) is 0. The van der Waals surface area contributed by atoms with Gasteiger partial charge in [0.25, 0.3) is 0 Å². The predicted molar refractivity (Wildman–Crippen MR) is 104 cm³/mol. The molecular formula is C18H11ClN6S. The number of benzene rings is 2. The van der Waals surface area contributed by atoms with Crippen LogP contribution in [0.2, 0.25) is 5.02 Å². The van der Waals surface area contributed by atoms with Crippen LogP contribution in [0.15, 0.2) is 60.1 Å². The third-order valence-electron chi connectivity index (χ3n) is 3.91. The van der Waals surface area contributed by atoms with E-state index in [4.69, 9.17) is 11.6 Å². The van der Waals surface area contributed by atoms with Gasteiger partial charge < -0.3 is 5.32 Å². The van der Waals surface area contributed by atoms with Crippen molar-refractivity contribution in [2.75, 3.05) is 5.32 Å². The fourth-order valence-corrected chi connectivity index (χ4v) is 3.64. The molecule has 5 aromatic rings. The zero-order chi connectivity index (χ0) is 17.5. The van der Waals surface area contributed by atoms with Gasteiger partial charge in [-0.15, -0.1) is 16.4 Å². The van der Waals surface area contributed by atoms with E-state index in [0.29, 0.717) is 16.8 Å². The SMILES string of the molecule is Clc1ccc(-c2csc3nc(Nc4cnc5ccccc5n4)nn23)cc1. The molecule has 0 aliphatic carbocycles. The first-order valence-corrected chi connectivity index (χ1v) is 9.11. The van der Waals surface area contributed by atoms with Crippen molar-refractivity contribution in [2.45, 2.75) is 0 Å². The summed E-state index contributed by atoms with van der Waals surface area (Å²) in [6.45, 7) is 0. The van der Waals surface area contributed by atoms with Crippen LogP contribution < -0.4 is 5.32 Å². The minimum Gasteiger partial charge on any atom is -0.306 e. The first kappa shape index (κ1) is 15.2. The third-order valence-corrected chi connectivity index (χ3v) is 4.98. The number of para-hydroxylation sites is 2. The van der Waals surface area contributed by atoms with Crippen LogP contribution in [0.1, 0.15) is 0 Å². The van der Waals surface area contributed by atoms with Gasteiger partial charge in [0.2, 0.25) is 10.9 Å². The average molecular weight is 379 g/mol. The third kappa shape index (κ3) is 2.67. The Morgan fingerprint density at radius 2 is 1.77 bits per heavy atom. The molecule has 0 unspecified atom stereocenters. The fourth-order valence-electron chi connectivity index (χ4n) is 2.69. The molecule has 26 heavy (non-hydrogen) atoms. The summed E-state index contributed by atoms with van der Waals surface area (Å²) in [4.78, 5) is 14.3. The Labute approximate surface area is 157 Å². The number of rotatable bonds is 3. The summed E-state index contributed by atoms with van der Waals surface area (Å²) in [5.41, 5.74) is 3.66. The molecule has 0 bridgehead atoms. The van der Waals surface area contributed by atoms with E-state index in [9.17, 15) is 0 Å². The van der Waals surface area contributed by atoms with E-state index in [1.807, 2.05) is 58.4 Å². The largest absolute Gasteiger partial charge is 0.306 e. The second kappa shape index (κ2) is 6.05. The highest BCUT2D eigenvalue weighted by molar-refractivity contribution is 7.15. The van der Waals surface area contributed by atoms with Crippen molar-refractivity contribution in [3.05, 3.63) is 65.1 Å². The lowest BCUT2D eigenvalue weighted by molar-refractivity contribution is 0.987. The standard InChI is InChI=1S/C18H11ClN6S/c19-12-7-5-11(6-8-12)15-10-26-18-23-17(24-25(15)18)22-16-9-20-13-3-1-2-4-14(13)21-16/h1-10H,(H,21,22,24). The molecule has 0 spiro atoms. The van der Waals surface area contributed by atoms with Crippen LogP contribution in [0.5, 0.6) is 0 Å². The van der Waals surface area contributed by atoms with E-state index in [1.54, 1.807) is 6.20 Å². The topological polar surface area (TPSA) is 68.0 Å². The number of anilines is 2. The maximum absolute atomic E-state index is 5.97. The molecule has 0 aliphatic rings.